The van der Waals surface area contributed by atoms with Gasteiger partial charge in [0.05, 0.1) is 8.22 Å². The van der Waals surface area contributed by atoms with E-state index in [1.165, 1.54) is 0 Å². The second-order valence-corrected chi connectivity index (χ2v) is 11.2. The lowest BCUT2D eigenvalue weighted by molar-refractivity contribution is 0.669. The third-order valence-electron chi connectivity index (χ3n) is 8.66. The maximum Gasteiger partial charge on any atom is 0.136 e. The van der Waals surface area contributed by atoms with E-state index in [0.29, 0.717) is 16.5 Å². The molecule has 45 heavy (non-hydrogen) atoms. The van der Waals surface area contributed by atoms with Gasteiger partial charge in [-0.1, -0.05) is 158 Å². The van der Waals surface area contributed by atoms with Gasteiger partial charge in [-0.05, 0) is 72.6 Å². The van der Waals surface area contributed by atoms with Crippen molar-refractivity contribution in [3.63, 3.8) is 0 Å². The highest BCUT2D eigenvalue weighted by molar-refractivity contribution is 6.27. The quantitative estimate of drug-likeness (QED) is 0.189. The van der Waals surface area contributed by atoms with Crippen molar-refractivity contribution in [2.45, 2.75) is 0 Å². The summed E-state index contributed by atoms with van der Waals surface area (Å²) in [6.45, 7) is 0. The van der Waals surface area contributed by atoms with Gasteiger partial charge >= 0.3 is 0 Å². The molecule has 0 atom stereocenters. The van der Waals surface area contributed by atoms with Crippen LogP contribution in [0.4, 0.5) is 0 Å². The second-order valence-electron chi connectivity index (χ2n) is 11.2. The minimum atomic E-state index is -0.410. The Morgan fingerprint density at radius 3 is 1.51 bits per heavy atom. The van der Waals surface area contributed by atoms with E-state index in [0.717, 1.165) is 54.9 Å². The zero-order valence-corrected chi connectivity index (χ0v) is 24.1. The van der Waals surface area contributed by atoms with Gasteiger partial charge in [-0.25, -0.2) is 0 Å². The van der Waals surface area contributed by atoms with Crippen LogP contribution in [0.5, 0.6) is 0 Å². The SMILES string of the molecule is [2H]c1c([2H])c([2H])c2c(oc3c([2H])c([2H])c(-c4ccccc4)c(-c4c5ccccc5c(-c5ccc(-c6ccccc6)cc5)c5ccccc45)c32)c1[2H]. The molecular formula is C44H28O. The molecule has 9 rings (SSSR count). The molecule has 210 valence electrons. The van der Waals surface area contributed by atoms with E-state index >= 15 is 0 Å². The van der Waals surface area contributed by atoms with Crippen LogP contribution in [0.25, 0.3) is 88.0 Å². The Bertz CT molecular complexity index is 2790. The molecule has 0 N–H and O–H groups in total. The fraction of sp³-hybridized carbons (Fsp3) is 0. The molecule has 0 aliphatic heterocycles. The molecule has 0 radical (unpaired) electrons. The van der Waals surface area contributed by atoms with Crippen LogP contribution in [-0.2, 0) is 0 Å². The number of hydrogen-bond donors (Lipinski definition) is 0. The van der Waals surface area contributed by atoms with E-state index in [-0.39, 0.29) is 46.8 Å². The third-order valence-corrected chi connectivity index (χ3v) is 8.66. The van der Waals surface area contributed by atoms with Gasteiger partial charge in [0.25, 0.3) is 0 Å². The molecule has 0 amide bonds. The molecule has 9 aromatic rings. The number of rotatable bonds is 4. The molecular weight excluding hydrogens is 544 g/mol. The fourth-order valence-electron chi connectivity index (χ4n) is 6.69. The lowest BCUT2D eigenvalue weighted by atomic mass is 9.82. The van der Waals surface area contributed by atoms with E-state index in [9.17, 15) is 2.74 Å². The van der Waals surface area contributed by atoms with Crippen LogP contribution >= 0.6 is 0 Å². The molecule has 0 aliphatic carbocycles. The van der Waals surface area contributed by atoms with Crippen molar-refractivity contribution in [3.8, 4) is 44.5 Å². The zero-order chi connectivity index (χ0) is 35.0. The average molecular weight is 579 g/mol. The normalized spacial score (nSPS) is 13.4. The maximum absolute atomic E-state index is 9.44. The van der Waals surface area contributed by atoms with E-state index in [1.54, 1.807) is 0 Å². The summed E-state index contributed by atoms with van der Waals surface area (Å²) < 4.78 is 59.6. The largest absolute Gasteiger partial charge is 0.456 e. The number of furan rings is 1. The summed E-state index contributed by atoms with van der Waals surface area (Å²) in [4.78, 5) is 0. The van der Waals surface area contributed by atoms with Crippen LogP contribution in [0.2, 0.25) is 0 Å². The Balaban J connectivity index is 1.48. The monoisotopic (exact) mass is 578 g/mol. The Labute approximate surface area is 270 Å². The molecule has 0 aliphatic rings. The van der Waals surface area contributed by atoms with Crippen LogP contribution in [0.1, 0.15) is 8.22 Å². The van der Waals surface area contributed by atoms with Crippen LogP contribution in [0.15, 0.2) is 174 Å². The van der Waals surface area contributed by atoms with Crippen molar-refractivity contribution in [3.05, 3.63) is 170 Å². The Morgan fingerprint density at radius 1 is 0.356 bits per heavy atom. The molecule has 0 fully saturated rings. The summed E-state index contributed by atoms with van der Waals surface area (Å²) in [6, 6.07) is 43.1. The second kappa shape index (κ2) is 10.4. The third kappa shape index (κ3) is 4.09. The molecule has 1 heteroatoms. The van der Waals surface area contributed by atoms with Crippen molar-refractivity contribution in [2.24, 2.45) is 0 Å². The Morgan fingerprint density at radius 2 is 0.867 bits per heavy atom. The highest BCUT2D eigenvalue weighted by Crippen LogP contribution is 2.50. The smallest absolute Gasteiger partial charge is 0.136 e. The summed E-state index contributed by atoms with van der Waals surface area (Å²) in [7, 11) is 0. The number of fused-ring (bicyclic) bond motifs is 5. The molecule has 0 spiro atoms. The van der Waals surface area contributed by atoms with Gasteiger partial charge in [-0.2, -0.15) is 0 Å². The minimum Gasteiger partial charge on any atom is -0.456 e. The fourth-order valence-corrected chi connectivity index (χ4v) is 6.69. The first-order valence-electron chi connectivity index (χ1n) is 18.0. The van der Waals surface area contributed by atoms with Gasteiger partial charge in [0.1, 0.15) is 11.2 Å². The predicted molar refractivity (Wildman–Crippen MR) is 190 cm³/mol. The van der Waals surface area contributed by atoms with Gasteiger partial charge in [-0.15, -0.1) is 0 Å². The van der Waals surface area contributed by atoms with E-state index < -0.39 is 6.04 Å². The first-order chi connectivity index (χ1) is 24.8. The van der Waals surface area contributed by atoms with E-state index in [1.807, 2.05) is 72.8 Å². The maximum atomic E-state index is 9.44. The molecule has 8 aromatic carbocycles. The molecule has 0 unspecified atom stereocenters. The molecule has 0 saturated heterocycles. The van der Waals surface area contributed by atoms with Gasteiger partial charge in [0, 0.05) is 16.3 Å². The first-order valence-corrected chi connectivity index (χ1v) is 15.0. The van der Waals surface area contributed by atoms with Crippen molar-refractivity contribution in [1.82, 2.24) is 0 Å². The first kappa shape index (κ1) is 20.1. The summed E-state index contributed by atoms with van der Waals surface area (Å²) in [5.41, 5.74) is 7.02. The van der Waals surface area contributed by atoms with Crippen molar-refractivity contribution in [1.29, 1.82) is 0 Å². The highest BCUT2D eigenvalue weighted by atomic mass is 16.3. The lowest BCUT2D eigenvalue weighted by Crippen LogP contribution is -1.93. The van der Waals surface area contributed by atoms with Crippen molar-refractivity contribution >= 4 is 43.5 Å². The van der Waals surface area contributed by atoms with Gasteiger partial charge in [0.15, 0.2) is 0 Å². The van der Waals surface area contributed by atoms with Gasteiger partial charge in [-0.3, -0.25) is 0 Å². The molecule has 1 aromatic heterocycles. The Hall–Kier alpha value is -5.92. The zero-order valence-electron chi connectivity index (χ0n) is 30.1. The lowest BCUT2D eigenvalue weighted by Gasteiger charge is -2.20. The van der Waals surface area contributed by atoms with Crippen molar-refractivity contribution in [2.75, 3.05) is 0 Å². The molecule has 0 bridgehead atoms. The van der Waals surface area contributed by atoms with Crippen LogP contribution in [0.3, 0.4) is 0 Å². The van der Waals surface area contributed by atoms with Crippen LogP contribution < -0.4 is 0 Å². The van der Waals surface area contributed by atoms with E-state index in [4.69, 9.17) is 9.90 Å². The summed E-state index contributed by atoms with van der Waals surface area (Å²) in [5.74, 6) is 0. The van der Waals surface area contributed by atoms with E-state index in [2.05, 4.69) is 60.7 Å². The number of benzene rings is 8. The molecule has 1 nitrogen and oxygen atoms in total. The van der Waals surface area contributed by atoms with Crippen LogP contribution in [-0.4, -0.2) is 0 Å². The minimum absolute atomic E-state index is 0.0286. The van der Waals surface area contributed by atoms with Crippen molar-refractivity contribution < 1.29 is 12.6 Å². The summed E-state index contributed by atoms with van der Waals surface area (Å²) in [5, 5.41) is 4.38. The molecule has 1 heterocycles. The summed E-state index contributed by atoms with van der Waals surface area (Å²) >= 11 is 0. The topological polar surface area (TPSA) is 13.1 Å². The van der Waals surface area contributed by atoms with Gasteiger partial charge in [0.2, 0.25) is 0 Å². The standard InChI is InChI=1S/C44H28O/c1-3-13-29(14-4-1)30-23-25-32(26-24-30)41-34-17-7-9-19-36(34)42(37-20-10-8-18-35(37)41)44-33(31-15-5-2-6-16-31)27-28-40-43(44)38-21-11-12-22-39(38)45-40/h1-28H/i11D,12D,21D,22D,27D,28D. The van der Waals surface area contributed by atoms with Crippen LogP contribution in [0, 0.1) is 0 Å². The molecule has 0 saturated carbocycles. The Kier molecular flexibility index (Phi) is 4.63. The predicted octanol–water partition coefficient (Wildman–Crippen LogP) is 12.6. The van der Waals surface area contributed by atoms with Gasteiger partial charge < -0.3 is 4.42 Å². The highest BCUT2D eigenvalue weighted by Gasteiger charge is 2.23. The number of para-hydroxylation sites is 1. The average Bonchev–Trinajstić information content (AvgIpc) is 3.59. The summed E-state index contributed by atoms with van der Waals surface area (Å²) in [6.07, 6.45) is 0. The number of hydrogen-bond acceptors (Lipinski definition) is 1.